The van der Waals surface area contributed by atoms with Crippen LogP contribution >= 0.6 is 11.6 Å². The molecule has 0 saturated carbocycles. The number of anilines is 2. The van der Waals surface area contributed by atoms with E-state index >= 15 is 0 Å². The van der Waals surface area contributed by atoms with Crippen molar-refractivity contribution >= 4 is 29.1 Å². The monoisotopic (exact) mass is 359 g/mol. The third-order valence-corrected chi connectivity index (χ3v) is 5.01. The van der Waals surface area contributed by atoms with Crippen molar-refractivity contribution < 1.29 is 4.79 Å². The summed E-state index contributed by atoms with van der Waals surface area (Å²) < 4.78 is 0. The van der Waals surface area contributed by atoms with Crippen LogP contribution in [0.15, 0.2) is 36.7 Å². The first kappa shape index (κ1) is 17.6. The zero-order valence-electron chi connectivity index (χ0n) is 14.4. The molecule has 0 spiro atoms. The van der Waals surface area contributed by atoms with Crippen molar-refractivity contribution in [2.24, 2.45) is 0 Å². The fourth-order valence-corrected chi connectivity index (χ4v) is 3.08. The van der Waals surface area contributed by atoms with Gasteiger partial charge in [0.15, 0.2) is 0 Å². The molecule has 1 aliphatic heterocycles. The minimum atomic E-state index is -0.211. The average Bonchev–Trinajstić information content (AvgIpc) is 2.65. The topological polar surface area (TPSA) is 61.4 Å². The second-order valence-electron chi connectivity index (χ2n) is 6.15. The van der Waals surface area contributed by atoms with Crippen LogP contribution in [0.2, 0.25) is 5.02 Å². The van der Waals surface area contributed by atoms with Gasteiger partial charge in [-0.05, 0) is 37.6 Å². The number of carbonyl (C=O) groups excluding carboxylic acids is 1. The molecule has 1 aromatic carbocycles. The van der Waals surface area contributed by atoms with Crippen LogP contribution < -0.4 is 10.2 Å². The number of carbonyl (C=O) groups is 1. The van der Waals surface area contributed by atoms with Crippen LogP contribution in [0.25, 0.3) is 0 Å². The first-order valence-corrected chi connectivity index (χ1v) is 8.76. The highest BCUT2D eigenvalue weighted by molar-refractivity contribution is 6.31. The molecular formula is C18H22ClN5O. The van der Waals surface area contributed by atoms with Crippen LogP contribution in [0, 0.1) is 6.92 Å². The summed E-state index contributed by atoms with van der Waals surface area (Å²) >= 11 is 6.12. The summed E-state index contributed by atoms with van der Waals surface area (Å²) in [4.78, 5) is 25.5. The van der Waals surface area contributed by atoms with Gasteiger partial charge in [0.2, 0.25) is 11.9 Å². The fraction of sp³-hybridized carbons (Fsp3) is 0.389. The molecular weight excluding hydrogens is 338 g/mol. The van der Waals surface area contributed by atoms with Gasteiger partial charge in [0.05, 0.1) is 6.04 Å². The molecule has 6 nitrogen and oxygen atoms in total. The quantitative estimate of drug-likeness (QED) is 0.909. The Morgan fingerprint density at radius 2 is 1.84 bits per heavy atom. The van der Waals surface area contributed by atoms with Crippen molar-refractivity contribution in [3.05, 3.63) is 47.2 Å². The first-order chi connectivity index (χ1) is 12.1. The average molecular weight is 360 g/mol. The number of hydrogen-bond acceptors (Lipinski definition) is 5. The molecule has 1 aliphatic rings. The maximum Gasteiger partial charge on any atom is 0.241 e. The third kappa shape index (κ3) is 4.08. The number of hydrogen-bond donors (Lipinski definition) is 1. The molecule has 0 aliphatic carbocycles. The zero-order chi connectivity index (χ0) is 17.8. The Labute approximate surface area is 152 Å². The molecule has 25 heavy (non-hydrogen) atoms. The van der Waals surface area contributed by atoms with Gasteiger partial charge in [-0.25, -0.2) is 9.97 Å². The van der Waals surface area contributed by atoms with Crippen molar-refractivity contribution in [3.8, 4) is 0 Å². The molecule has 132 valence electrons. The Bertz CT molecular complexity index is 732. The van der Waals surface area contributed by atoms with E-state index in [1.54, 1.807) is 12.4 Å². The number of aromatic nitrogens is 2. The Hall–Kier alpha value is -2.18. The standard InChI is InChI=1S/C18H22ClN5O/c1-13-15(19)5-3-6-16(13)22-17(25)14(2)23-9-11-24(12-10-23)18-20-7-4-8-21-18/h3-8,14H,9-12H2,1-2H3,(H,22,25)/t14-/m1/s1. The molecule has 1 atom stereocenters. The lowest BCUT2D eigenvalue weighted by atomic mass is 10.1. The van der Waals surface area contributed by atoms with Crippen LogP contribution in [0.5, 0.6) is 0 Å². The maximum absolute atomic E-state index is 12.6. The van der Waals surface area contributed by atoms with Gasteiger partial charge < -0.3 is 10.2 Å². The summed E-state index contributed by atoms with van der Waals surface area (Å²) in [6, 6.07) is 7.13. The van der Waals surface area contributed by atoms with E-state index in [4.69, 9.17) is 11.6 Å². The number of nitrogens with zero attached hydrogens (tertiary/aromatic N) is 4. The SMILES string of the molecule is Cc1c(Cl)cccc1NC(=O)[C@@H](C)N1CCN(c2ncccn2)CC1. The van der Waals surface area contributed by atoms with E-state index in [0.717, 1.165) is 43.4 Å². The number of rotatable bonds is 4. The molecule has 0 unspecified atom stereocenters. The fourth-order valence-electron chi connectivity index (χ4n) is 2.91. The highest BCUT2D eigenvalue weighted by Crippen LogP contribution is 2.23. The molecule has 0 radical (unpaired) electrons. The molecule has 1 saturated heterocycles. The molecule has 3 rings (SSSR count). The predicted molar refractivity (Wildman–Crippen MR) is 100 cm³/mol. The van der Waals surface area contributed by atoms with E-state index in [2.05, 4.69) is 25.1 Å². The van der Waals surface area contributed by atoms with Gasteiger partial charge >= 0.3 is 0 Å². The van der Waals surface area contributed by atoms with E-state index in [-0.39, 0.29) is 11.9 Å². The zero-order valence-corrected chi connectivity index (χ0v) is 15.2. The normalized spacial score (nSPS) is 16.5. The summed E-state index contributed by atoms with van der Waals surface area (Å²) in [6.07, 6.45) is 3.50. The van der Waals surface area contributed by atoms with Crippen molar-refractivity contribution in [3.63, 3.8) is 0 Å². The van der Waals surface area contributed by atoms with Gasteiger partial charge in [-0.1, -0.05) is 17.7 Å². The number of halogens is 1. The summed E-state index contributed by atoms with van der Waals surface area (Å²) in [5, 5.41) is 3.64. The van der Waals surface area contributed by atoms with E-state index in [0.29, 0.717) is 5.02 Å². The predicted octanol–water partition coefficient (Wildman–Crippen LogP) is 2.59. The van der Waals surface area contributed by atoms with Gasteiger partial charge in [0, 0.05) is 49.3 Å². The van der Waals surface area contributed by atoms with Gasteiger partial charge in [-0.15, -0.1) is 0 Å². The summed E-state index contributed by atoms with van der Waals surface area (Å²) in [7, 11) is 0. The van der Waals surface area contributed by atoms with Gasteiger partial charge in [0.1, 0.15) is 0 Å². The van der Waals surface area contributed by atoms with Gasteiger partial charge in [0.25, 0.3) is 0 Å². The van der Waals surface area contributed by atoms with E-state index < -0.39 is 0 Å². The number of amides is 1. The number of piperazine rings is 1. The van der Waals surface area contributed by atoms with Crippen LogP contribution in [0.3, 0.4) is 0 Å². The van der Waals surface area contributed by atoms with E-state index in [1.165, 1.54) is 0 Å². The molecule has 1 amide bonds. The lowest BCUT2D eigenvalue weighted by Gasteiger charge is -2.37. The van der Waals surface area contributed by atoms with Gasteiger partial charge in [-0.2, -0.15) is 0 Å². The molecule has 1 N–H and O–H groups in total. The highest BCUT2D eigenvalue weighted by Gasteiger charge is 2.26. The van der Waals surface area contributed by atoms with Crippen LogP contribution in [0.1, 0.15) is 12.5 Å². The van der Waals surface area contributed by atoms with Crippen molar-refractivity contribution in [1.82, 2.24) is 14.9 Å². The summed E-state index contributed by atoms with van der Waals surface area (Å²) in [5.41, 5.74) is 1.65. The largest absolute Gasteiger partial charge is 0.338 e. The molecule has 1 aromatic heterocycles. The van der Waals surface area contributed by atoms with Crippen molar-refractivity contribution in [2.45, 2.75) is 19.9 Å². The summed E-state index contributed by atoms with van der Waals surface area (Å²) in [5.74, 6) is 0.726. The Morgan fingerprint density at radius 1 is 1.16 bits per heavy atom. The van der Waals surface area contributed by atoms with E-state index in [1.807, 2.05) is 38.1 Å². The smallest absolute Gasteiger partial charge is 0.241 e. The molecule has 7 heteroatoms. The lowest BCUT2D eigenvalue weighted by Crippen LogP contribution is -2.53. The van der Waals surface area contributed by atoms with Crippen LogP contribution in [-0.2, 0) is 4.79 Å². The number of benzene rings is 1. The summed E-state index contributed by atoms with van der Waals surface area (Å²) in [6.45, 7) is 7.03. The second-order valence-corrected chi connectivity index (χ2v) is 6.56. The number of nitrogens with one attached hydrogen (secondary N) is 1. The highest BCUT2D eigenvalue weighted by atomic mass is 35.5. The second kappa shape index (κ2) is 7.80. The Kier molecular flexibility index (Phi) is 5.50. The van der Waals surface area contributed by atoms with Crippen molar-refractivity contribution in [1.29, 1.82) is 0 Å². The van der Waals surface area contributed by atoms with Crippen molar-refractivity contribution in [2.75, 3.05) is 36.4 Å². The van der Waals surface area contributed by atoms with Gasteiger partial charge in [-0.3, -0.25) is 9.69 Å². The minimum absolute atomic E-state index is 0.0187. The molecule has 1 fully saturated rings. The molecule has 2 aromatic rings. The maximum atomic E-state index is 12.6. The Morgan fingerprint density at radius 3 is 2.52 bits per heavy atom. The lowest BCUT2D eigenvalue weighted by molar-refractivity contribution is -0.120. The third-order valence-electron chi connectivity index (χ3n) is 4.60. The minimum Gasteiger partial charge on any atom is -0.338 e. The van der Waals surface area contributed by atoms with Crippen LogP contribution in [-0.4, -0.2) is 53.0 Å². The first-order valence-electron chi connectivity index (χ1n) is 8.38. The van der Waals surface area contributed by atoms with Crippen LogP contribution in [0.4, 0.5) is 11.6 Å². The van der Waals surface area contributed by atoms with E-state index in [9.17, 15) is 4.79 Å². The molecule has 2 heterocycles. The molecule has 0 bridgehead atoms. The Balaban J connectivity index is 1.58.